The van der Waals surface area contributed by atoms with Gasteiger partial charge in [-0.3, -0.25) is 19.0 Å². The Morgan fingerprint density at radius 3 is 2.61 bits per heavy atom. The molecule has 1 aliphatic rings. The number of H-pyrrole nitrogens is 1. The lowest BCUT2D eigenvalue weighted by atomic mass is 9.94. The van der Waals surface area contributed by atoms with Gasteiger partial charge >= 0.3 is 0 Å². The van der Waals surface area contributed by atoms with E-state index in [9.17, 15) is 14.4 Å². The molecule has 0 fully saturated rings. The van der Waals surface area contributed by atoms with Crippen LogP contribution in [0.4, 0.5) is 5.69 Å². The molecule has 4 heterocycles. The highest BCUT2D eigenvalue weighted by Crippen LogP contribution is 2.38. The Labute approximate surface area is 278 Å². The maximum absolute atomic E-state index is 14.2. The second-order valence-electron chi connectivity index (χ2n) is 10.1. The van der Waals surface area contributed by atoms with Crippen LogP contribution >= 0.6 is 39.0 Å². The number of nitrogens with zero attached hydrogens (tertiary/aromatic N) is 3. The maximum atomic E-state index is 14.2. The Kier molecular flexibility index (Phi) is 8.84. The Morgan fingerprint density at radius 2 is 1.89 bits per heavy atom. The predicted molar refractivity (Wildman–Crippen MR) is 179 cm³/mol. The minimum atomic E-state index is -0.860. The summed E-state index contributed by atoms with van der Waals surface area (Å²) in [5, 5.41) is 3.76. The number of methoxy groups -OCH3 is 2. The van der Waals surface area contributed by atoms with E-state index in [-0.39, 0.29) is 11.1 Å². The SMILES string of the molecule is COc1ccc([C@@H]2C(C(=O)Nc3ccccc3)=C(C)N=c3s/c(=C/c4cc(Br)c(Sc5nc(C)cc(=O)[nH]5)o4)c(=O)n32)c(OC)c1. The van der Waals surface area contributed by atoms with E-state index in [0.717, 1.165) is 11.8 Å². The lowest BCUT2D eigenvalue weighted by Gasteiger charge is -2.26. The van der Waals surface area contributed by atoms with Crippen molar-refractivity contribution in [3.05, 3.63) is 123 Å². The van der Waals surface area contributed by atoms with Gasteiger partial charge in [-0.05, 0) is 71.9 Å². The van der Waals surface area contributed by atoms with Crippen LogP contribution in [0, 0.1) is 6.92 Å². The Bertz CT molecular complexity index is 2250. The lowest BCUT2D eigenvalue weighted by molar-refractivity contribution is -0.113. The molecule has 5 aromatic rings. The first-order valence-corrected chi connectivity index (χ1v) is 16.2. The molecular formula is C32H26BrN5O6S2. The first kappa shape index (κ1) is 31.3. The molecule has 3 aromatic heterocycles. The van der Waals surface area contributed by atoms with Crippen LogP contribution in [0.1, 0.15) is 30.0 Å². The van der Waals surface area contributed by atoms with E-state index in [2.05, 4.69) is 31.2 Å². The summed E-state index contributed by atoms with van der Waals surface area (Å²) in [7, 11) is 3.07. The summed E-state index contributed by atoms with van der Waals surface area (Å²) in [6.07, 6.45) is 1.62. The molecule has 234 valence electrons. The number of fused-ring (bicyclic) bond motifs is 1. The van der Waals surface area contributed by atoms with Gasteiger partial charge < -0.3 is 24.2 Å². The van der Waals surface area contributed by atoms with E-state index in [1.165, 1.54) is 29.1 Å². The Hall–Kier alpha value is -4.66. The summed E-state index contributed by atoms with van der Waals surface area (Å²) >= 11 is 5.82. The fourth-order valence-electron chi connectivity index (χ4n) is 5.00. The predicted octanol–water partition coefficient (Wildman–Crippen LogP) is 4.79. The fourth-order valence-corrected chi connectivity index (χ4v) is 7.38. The van der Waals surface area contributed by atoms with Gasteiger partial charge in [0.05, 0.1) is 34.5 Å². The van der Waals surface area contributed by atoms with E-state index in [1.54, 1.807) is 63.4 Å². The number of carbonyl (C=O) groups excluding carboxylic acids is 1. The molecule has 0 aliphatic carbocycles. The number of halogens is 1. The second kappa shape index (κ2) is 13.0. The number of furan rings is 1. The molecule has 2 N–H and O–H groups in total. The third-order valence-corrected chi connectivity index (χ3v) is 9.73. The number of rotatable bonds is 8. The summed E-state index contributed by atoms with van der Waals surface area (Å²) in [6.45, 7) is 3.48. The summed E-state index contributed by atoms with van der Waals surface area (Å²) in [5.41, 5.74) is 1.89. The quantitative estimate of drug-likeness (QED) is 0.218. The van der Waals surface area contributed by atoms with Crippen molar-refractivity contribution < 1.29 is 18.7 Å². The average molecular weight is 721 g/mol. The van der Waals surface area contributed by atoms with Crippen LogP contribution in [0.3, 0.4) is 0 Å². The van der Waals surface area contributed by atoms with Crippen LogP contribution in [-0.4, -0.2) is 34.7 Å². The lowest BCUT2D eigenvalue weighted by Crippen LogP contribution is -2.40. The summed E-state index contributed by atoms with van der Waals surface area (Å²) in [4.78, 5) is 52.1. The Morgan fingerprint density at radius 1 is 1.11 bits per heavy atom. The number of aryl methyl sites for hydroxylation is 1. The van der Waals surface area contributed by atoms with Gasteiger partial charge in [0, 0.05) is 35.2 Å². The number of amides is 1. The van der Waals surface area contributed by atoms with Crippen molar-refractivity contribution in [2.45, 2.75) is 30.1 Å². The molecule has 0 unspecified atom stereocenters. The van der Waals surface area contributed by atoms with Gasteiger partial charge in [-0.15, -0.1) is 0 Å². The Balaban J connectivity index is 1.46. The minimum Gasteiger partial charge on any atom is -0.497 e. The van der Waals surface area contributed by atoms with Crippen molar-refractivity contribution in [1.29, 1.82) is 0 Å². The smallest absolute Gasteiger partial charge is 0.271 e. The van der Waals surface area contributed by atoms with Gasteiger partial charge in [-0.2, -0.15) is 0 Å². The third kappa shape index (κ3) is 6.23. The highest BCUT2D eigenvalue weighted by Gasteiger charge is 2.34. The molecule has 1 atom stereocenters. The molecule has 1 aliphatic heterocycles. The van der Waals surface area contributed by atoms with E-state index >= 15 is 0 Å². The number of ether oxygens (including phenoxy) is 2. The average Bonchev–Trinajstić information content (AvgIpc) is 3.52. The van der Waals surface area contributed by atoms with Crippen LogP contribution in [-0.2, 0) is 4.79 Å². The molecule has 6 rings (SSSR count). The van der Waals surface area contributed by atoms with Gasteiger partial charge in [0.2, 0.25) is 0 Å². The molecule has 46 heavy (non-hydrogen) atoms. The normalized spacial score (nSPS) is 14.5. The van der Waals surface area contributed by atoms with Crippen LogP contribution in [0.2, 0.25) is 0 Å². The number of para-hydroxylation sites is 1. The number of allylic oxidation sites excluding steroid dienone is 1. The molecule has 0 saturated carbocycles. The van der Waals surface area contributed by atoms with E-state index < -0.39 is 11.9 Å². The van der Waals surface area contributed by atoms with E-state index in [1.807, 2.05) is 18.2 Å². The number of aromatic amines is 1. The first-order valence-electron chi connectivity index (χ1n) is 13.8. The van der Waals surface area contributed by atoms with Crippen molar-refractivity contribution in [3.63, 3.8) is 0 Å². The molecule has 14 heteroatoms. The molecule has 0 spiro atoms. The van der Waals surface area contributed by atoms with E-state index in [0.29, 0.717) is 69.5 Å². The largest absolute Gasteiger partial charge is 0.497 e. The standard InChI is InChI=1S/C32H26BrN5O6S2/c1-16-12-25(39)37-31(34-16)46-30-22(33)13-20(44-30)15-24-29(41)38-27(21-11-10-19(42-3)14-23(21)43-4)26(17(2)35-32(38)45-24)28(40)36-18-8-6-5-7-9-18/h5-15,27H,1-4H3,(H,36,40)(H,34,37,39)/b24-15+/t27-/m1/s1. The molecule has 11 nitrogen and oxygen atoms in total. The van der Waals surface area contributed by atoms with Crippen LogP contribution in [0.5, 0.6) is 11.5 Å². The van der Waals surface area contributed by atoms with Crippen molar-refractivity contribution in [2.24, 2.45) is 4.99 Å². The minimum absolute atomic E-state index is 0.269. The van der Waals surface area contributed by atoms with Gasteiger partial charge in [0.15, 0.2) is 15.1 Å². The number of carbonyl (C=O) groups is 1. The number of hydrogen-bond acceptors (Lipinski definition) is 10. The second-order valence-corrected chi connectivity index (χ2v) is 12.9. The van der Waals surface area contributed by atoms with Crippen molar-refractivity contribution in [3.8, 4) is 11.5 Å². The fraction of sp³-hybridized carbons (Fsp3) is 0.156. The van der Waals surface area contributed by atoms with Gasteiger partial charge in [0.25, 0.3) is 17.0 Å². The molecular weight excluding hydrogens is 694 g/mol. The molecule has 1 amide bonds. The van der Waals surface area contributed by atoms with Crippen LogP contribution < -0.4 is 35.2 Å². The summed E-state index contributed by atoms with van der Waals surface area (Å²) in [6, 6.07) is 16.6. The number of anilines is 1. The third-order valence-electron chi connectivity index (χ3n) is 7.02. The molecule has 0 saturated heterocycles. The van der Waals surface area contributed by atoms with Crippen LogP contribution in [0.15, 0.2) is 106 Å². The van der Waals surface area contributed by atoms with Crippen molar-refractivity contribution in [2.75, 3.05) is 19.5 Å². The first-order chi connectivity index (χ1) is 22.1. The molecule has 0 bridgehead atoms. The number of benzene rings is 2. The summed E-state index contributed by atoms with van der Waals surface area (Å²) in [5.74, 6) is 0.999. The van der Waals surface area contributed by atoms with Gasteiger partial charge in [-0.25, -0.2) is 9.98 Å². The number of aromatic nitrogens is 3. The van der Waals surface area contributed by atoms with Crippen molar-refractivity contribution in [1.82, 2.24) is 14.5 Å². The zero-order chi connectivity index (χ0) is 32.5. The maximum Gasteiger partial charge on any atom is 0.271 e. The zero-order valence-corrected chi connectivity index (χ0v) is 28.1. The number of hydrogen-bond donors (Lipinski definition) is 2. The monoisotopic (exact) mass is 719 g/mol. The van der Waals surface area contributed by atoms with Crippen molar-refractivity contribution >= 4 is 56.7 Å². The highest BCUT2D eigenvalue weighted by molar-refractivity contribution is 9.10. The van der Waals surface area contributed by atoms with E-state index in [4.69, 9.17) is 18.9 Å². The highest BCUT2D eigenvalue weighted by atomic mass is 79.9. The van der Waals surface area contributed by atoms with Gasteiger partial charge in [-0.1, -0.05) is 29.5 Å². The molecule has 0 radical (unpaired) electrons. The number of nitrogens with one attached hydrogen (secondary N) is 2. The van der Waals surface area contributed by atoms with Crippen LogP contribution in [0.25, 0.3) is 6.08 Å². The summed E-state index contributed by atoms with van der Waals surface area (Å²) < 4.78 is 19.6. The topological polar surface area (TPSA) is 141 Å². The number of thiazole rings is 1. The zero-order valence-electron chi connectivity index (χ0n) is 24.9. The van der Waals surface area contributed by atoms with Gasteiger partial charge in [0.1, 0.15) is 23.3 Å². The molecule has 2 aromatic carbocycles.